The lowest BCUT2D eigenvalue weighted by Gasteiger charge is -2.12. The highest BCUT2D eigenvalue weighted by molar-refractivity contribution is 9.10. The Labute approximate surface area is 210 Å². The molecule has 0 bridgehead atoms. The fourth-order valence-corrected chi connectivity index (χ4v) is 4.44. The number of halogens is 6. The van der Waals surface area contributed by atoms with Gasteiger partial charge in [-0.1, -0.05) is 69.5 Å². The number of hydrogen-bond acceptors (Lipinski definition) is 2. The zero-order valence-corrected chi connectivity index (χ0v) is 20.2. The SMILES string of the molecule is FC(F)(F)c1cc(-c2cccc(Br)c2)nc2c1c(-c1ccc(Cl)cc1)nn2-c1cccc(Cl)c1. The molecule has 0 aliphatic rings. The monoisotopic (exact) mass is 561 g/mol. The highest BCUT2D eigenvalue weighted by atomic mass is 79.9. The van der Waals surface area contributed by atoms with Gasteiger partial charge in [0.15, 0.2) is 5.65 Å². The van der Waals surface area contributed by atoms with E-state index in [0.717, 1.165) is 10.5 Å². The van der Waals surface area contributed by atoms with Crippen LogP contribution in [0.5, 0.6) is 0 Å². The minimum atomic E-state index is -4.65. The lowest BCUT2D eigenvalue weighted by Crippen LogP contribution is -2.08. The predicted octanol–water partition coefficient (Wildman–Crippen LogP) is 8.84. The average molecular weight is 563 g/mol. The summed E-state index contributed by atoms with van der Waals surface area (Å²) in [7, 11) is 0. The fraction of sp³-hybridized carbons (Fsp3) is 0.0400. The van der Waals surface area contributed by atoms with Crippen molar-refractivity contribution in [3.8, 4) is 28.2 Å². The number of fused-ring (bicyclic) bond motifs is 1. The van der Waals surface area contributed by atoms with Crippen LogP contribution in [-0.4, -0.2) is 14.8 Å². The minimum Gasteiger partial charge on any atom is -0.228 e. The average Bonchev–Trinajstić information content (AvgIpc) is 3.18. The summed E-state index contributed by atoms with van der Waals surface area (Å²) in [5, 5.41) is 5.36. The Kier molecular flexibility index (Phi) is 5.88. The lowest BCUT2D eigenvalue weighted by atomic mass is 10.0. The van der Waals surface area contributed by atoms with Crippen molar-refractivity contribution in [1.82, 2.24) is 14.8 Å². The Bertz CT molecular complexity index is 1530. The van der Waals surface area contributed by atoms with Crippen LogP contribution >= 0.6 is 39.1 Å². The lowest BCUT2D eigenvalue weighted by molar-refractivity contribution is -0.136. The zero-order chi connectivity index (χ0) is 24.0. The minimum absolute atomic E-state index is 0.0667. The molecule has 0 saturated heterocycles. The smallest absolute Gasteiger partial charge is 0.228 e. The van der Waals surface area contributed by atoms with Crippen molar-refractivity contribution in [2.45, 2.75) is 6.18 Å². The zero-order valence-electron chi connectivity index (χ0n) is 17.1. The van der Waals surface area contributed by atoms with E-state index in [9.17, 15) is 13.2 Å². The number of pyridine rings is 1. The molecular formula is C25H13BrCl2F3N3. The van der Waals surface area contributed by atoms with Crippen molar-refractivity contribution in [3.63, 3.8) is 0 Å². The van der Waals surface area contributed by atoms with Crippen LogP contribution in [0.15, 0.2) is 83.3 Å². The highest BCUT2D eigenvalue weighted by Crippen LogP contribution is 2.42. The third-order valence-corrected chi connectivity index (χ3v) is 6.21. The van der Waals surface area contributed by atoms with E-state index in [0.29, 0.717) is 26.9 Å². The first kappa shape index (κ1) is 22.9. The maximum atomic E-state index is 14.4. The second-order valence-corrected chi connectivity index (χ2v) is 9.30. The molecule has 0 fully saturated rings. The summed E-state index contributed by atoms with van der Waals surface area (Å²) in [6.45, 7) is 0. The van der Waals surface area contributed by atoms with Crippen LogP contribution in [0.3, 0.4) is 0 Å². The first-order valence-electron chi connectivity index (χ1n) is 9.99. The standard InChI is InChI=1S/C25H13BrCl2F3N3/c26-16-4-1-3-15(11-16)21-13-20(25(29,30)31)22-23(14-7-9-17(27)10-8-14)33-34(24(22)32-21)19-6-2-5-18(28)12-19/h1-13H. The molecule has 3 aromatic carbocycles. The van der Waals surface area contributed by atoms with Gasteiger partial charge in [-0.25, -0.2) is 9.67 Å². The maximum absolute atomic E-state index is 14.4. The normalized spacial score (nSPS) is 11.8. The maximum Gasteiger partial charge on any atom is 0.417 e. The van der Waals surface area contributed by atoms with Gasteiger partial charge in [0, 0.05) is 25.6 Å². The summed E-state index contributed by atoms with van der Waals surface area (Å²) in [5.41, 5.74) is 1.07. The van der Waals surface area contributed by atoms with Gasteiger partial charge in [0.2, 0.25) is 0 Å². The molecule has 0 aliphatic heterocycles. The molecule has 34 heavy (non-hydrogen) atoms. The van der Waals surface area contributed by atoms with Crippen LogP contribution in [0, 0.1) is 0 Å². The summed E-state index contributed by atoms with van der Waals surface area (Å²) in [6, 6.07) is 21.2. The summed E-state index contributed by atoms with van der Waals surface area (Å²) in [4.78, 5) is 4.64. The first-order valence-corrected chi connectivity index (χ1v) is 11.5. The van der Waals surface area contributed by atoms with E-state index in [2.05, 4.69) is 26.0 Å². The first-order chi connectivity index (χ1) is 16.2. The second kappa shape index (κ2) is 8.73. The number of alkyl halides is 3. The third kappa shape index (κ3) is 4.31. The summed E-state index contributed by atoms with van der Waals surface area (Å²) in [6.07, 6.45) is -4.65. The molecule has 5 rings (SSSR count). The molecule has 0 aliphatic carbocycles. The van der Waals surface area contributed by atoms with Crippen LogP contribution in [0.25, 0.3) is 39.2 Å². The molecule has 0 saturated carbocycles. The Hall–Kier alpha value is -2.87. The summed E-state index contributed by atoms with van der Waals surface area (Å²) >= 11 is 15.6. The van der Waals surface area contributed by atoms with Crippen molar-refractivity contribution in [2.24, 2.45) is 0 Å². The Morgan fingerprint density at radius 2 is 1.53 bits per heavy atom. The highest BCUT2D eigenvalue weighted by Gasteiger charge is 2.36. The largest absolute Gasteiger partial charge is 0.417 e. The number of benzene rings is 3. The van der Waals surface area contributed by atoms with E-state index >= 15 is 0 Å². The van der Waals surface area contributed by atoms with Crippen molar-refractivity contribution in [2.75, 3.05) is 0 Å². The van der Waals surface area contributed by atoms with Crippen molar-refractivity contribution in [1.29, 1.82) is 0 Å². The predicted molar refractivity (Wildman–Crippen MR) is 132 cm³/mol. The van der Waals surface area contributed by atoms with Crippen LogP contribution in [0.1, 0.15) is 5.56 Å². The molecule has 2 aromatic heterocycles. The number of hydrogen-bond donors (Lipinski definition) is 0. The number of rotatable bonds is 3. The molecule has 5 aromatic rings. The fourth-order valence-electron chi connectivity index (χ4n) is 3.73. The van der Waals surface area contributed by atoms with E-state index < -0.39 is 11.7 Å². The van der Waals surface area contributed by atoms with E-state index in [4.69, 9.17) is 23.2 Å². The molecule has 0 amide bonds. The van der Waals surface area contributed by atoms with Gasteiger partial charge in [-0.2, -0.15) is 18.3 Å². The van der Waals surface area contributed by atoms with Gasteiger partial charge in [0.25, 0.3) is 0 Å². The van der Waals surface area contributed by atoms with E-state index in [-0.39, 0.29) is 22.4 Å². The summed E-state index contributed by atoms with van der Waals surface area (Å²) in [5.74, 6) is 0. The second-order valence-electron chi connectivity index (χ2n) is 7.51. The molecule has 2 heterocycles. The van der Waals surface area contributed by atoms with Crippen LogP contribution < -0.4 is 0 Å². The molecule has 0 N–H and O–H groups in total. The van der Waals surface area contributed by atoms with Gasteiger partial charge in [-0.15, -0.1) is 0 Å². The third-order valence-electron chi connectivity index (χ3n) is 5.23. The topological polar surface area (TPSA) is 30.7 Å². The van der Waals surface area contributed by atoms with Gasteiger partial charge in [-0.05, 0) is 48.5 Å². The molecule has 0 spiro atoms. The van der Waals surface area contributed by atoms with Gasteiger partial charge in [-0.3, -0.25) is 0 Å². The molecule has 9 heteroatoms. The molecule has 3 nitrogen and oxygen atoms in total. The van der Waals surface area contributed by atoms with Crippen LogP contribution in [0.2, 0.25) is 10.0 Å². The van der Waals surface area contributed by atoms with Gasteiger partial charge in [0.1, 0.15) is 5.69 Å². The van der Waals surface area contributed by atoms with E-state index in [1.807, 2.05) is 0 Å². The van der Waals surface area contributed by atoms with Crippen LogP contribution in [-0.2, 0) is 6.18 Å². The van der Waals surface area contributed by atoms with Crippen LogP contribution in [0.4, 0.5) is 13.2 Å². The van der Waals surface area contributed by atoms with Crippen molar-refractivity contribution >= 4 is 50.2 Å². The van der Waals surface area contributed by atoms with Gasteiger partial charge < -0.3 is 0 Å². The number of nitrogens with zero attached hydrogens (tertiary/aromatic N) is 3. The Balaban J connectivity index is 1.90. The molecular weight excluding hydrogens is 550 g/mol. The number of aromatic nitrogens is 3. The molecule has 170 valence electrons. The quantitative estimate of drug-likeness (QED) is 0.220. The van der Waals surface area contributed by atoms with E-state index in [1.54, 1.807) is 72.8 Å². The Morgan fingerprint density at radius 3 is 2.21 bits per heavy atom. The molecule has 0 atom stereocenters. The Morgan fingerprint density at radius 1 is 0.794 bits per heavy atom. The summed E-state index contributed by atoms with van der Waals surface area (Å²) < 4.78 is 45.4. The van der Waals surface area contributed by atoms with Gasteiger partial charge in [0.05, 0.1) is 22.3 Å². The van der Waals surface area contributed by atoms with Gasteiger partial charge >= 0.3 is 6.18 Å². The molecule has 0 unspecified atom stereocenters. The van der Waals surface area contributed by atoms with Crippen molar-refractivity contribution in [3.05, 3.63) is 98.9 Å². The van der Waals surface area contributed by atoms with Crippen molar-refractivity contribution < 1.29 is 13.2 Å². The molecule has 0 radical (unpaired) electrons. The van der Waals surface area contributed by atoms with E-state index in [1.165, 1.54) is 4.68 Å².